The Bertz CT molecular complexity index is 404. The molecule has 5 nitrogen and oxygen atoms in total. The van der Waals surface area contributed by atoms with Crippen molar-refractivity contribution in [2.75, 3.05) is 6.54 Å². The van der Waals surface area contributed by atoms with Crippen LogP contribution in [-0.2, 0) is 16.0 Å². The summed E-state index contributed by atoms with van der Waals surface area (Å²) in [5.74, 6) is -0.795. The van der Waals surface area contributed by atoms with Crippen LogP contribution >= 0.6 is 11.3 Å². The van der Waals surface area contributed by atoms with Crippen LogP contribution in [-0.4, -0.2) is 28.5 Å². The number of aryl methyl sites for hydroxylation is 1. The number of hydrogen-bond acceptors (Lipinski definition) is 4. The van der Waals surface area contributed by atoms with E-state index in [1.54, 1.807) is 0 Å². The number of carboxylic acid groups (broad SMARTS) is 1. The monoisotopic (exact) mass is 270 g/mol. The van der Waals surface area contributed by atoms with Gasteiger partial charge in [0.15, 0.2) is 0 Å². The van der Waals surface area contributed by atoms with E-state index in [0.717, 1.165) is 23.5 Å². The molecule has 1 aromatic heterocycles. The van der Waals surface area contributed by atoms with Gasteiger partial charge in [-0.3, -0.25) is 9.59 Å². The van der Waals surface area contributed by atoms with E-state index < -0.39 is 5.97 Å². The number of aromatic nitrogens is 1. The Hall–Kier alpha value is -1.43. The van der Waals surface area contributed by atoms with Crippen LogP contribution < -0.4 is 5.32 Å². The third-order valence-corrected chi connectivity index (χ3v) is 3.22. The van der Waals surface area contributed by atoms with Crippen LogP contribution in [0.4, 0.5) is 0 Å². The van der Waals surface area contributed by atoms with Crippen LogP contribution in [0, 0.1) is 6.92 Å². The zero-order valence-corrected chi connectivity index (χ0v) is 11.3. The second-order valence-electron chi connectivity index (χ2n) is 4.09. The number of amides is 1. The van der Waals surface area contributed by atoms with E-state index in [4.69, 9.17) is 5.11 Å². The minimum Gasteiger partial charge on any atom is -0.481 e. The Morgan fingerprint density at radius 1 is 1.39 bits per heavy atom. The quantitative estimate of drug-likeness (QED) is 0.705. The Labute approximate surface area is 110 Å². The number of nitrogens with one attached hydrogen (secondary N) is 1. The zero-order valence-electron chi connectivity index (χ0n) is 10.4. The van der Waals surface area contributed by atoms with Crippen molar-refractivity contribution in [1.29, 1.82) is 0 Å². The van der Waals surface area contributed by atoms with Gasteiger partial charge in [-0.15, -0.1) is 11.3 Å². The van der Waals surface area contributed by atoms with Crippen LogP contribution in [0.3, 0.4) is 0 Å². The van der Waals surface area contributed by atoms with Gasteiger partial charge < -0.3 is 10.4 Å². The molecule has 100 valence electrons. The topological polar surface area (TPSA) is 79.3 Å². The second kappa shape index (κ2) is 7.81. The number of nitrogens with zero attached hydrogens (tertiary/aromatic N) is 1. The number of unbranched alkanes of at least 4 members (excludes halogenated alkanes) is 2. The van der Waals surface area contributed by atoms with Crippen molar-refractivity contribution >= 4 is 23.2 Å². The largest absolute Gasteiger partial charge is 0.481 e. The molecule has 0 fully saturated rings. The van der Waals surface area contributed by atoms with Crippen molar-refractivity contribution in [1.82, 2.24) is 10.3 Å². The molecule has 1 rings (SSSR count). The van der Waals surface area contributed by atoms with Crippen molar-refractivity contribution < 1.29 is 14.7 Å². The maximum absolute atomic E-state index is 11.5. The zero-order chi connectivity index (χ0) is 13.4. The number of hydrogen-bond donors (Lipinski definition) is 2. The lowest BCUT2D eigenvalue weighted by Gasteiger charge is -2.03. The standard InChI is InChI=1S/C12H18N2O3S/c1-9-14-10(8-18-9)7-11(15)13-6-4-2-3-5-12(16)17/h8H,2-7H2,1H3,(H,13,15)(H,16,17). The van der Waals surface area contributed by atoms with Crippen LogP contribution in [0.5, 0.6) is 0 Å². The lowest BCUT2D eigenvalue weighted by atomic mass is 10.2. The maximum atomic E-state index is 11.5. The van der Waals surface area contributed by atoms with Gasteiger partial charge in [-0.05, 0) is 19.8 Å². The van der Waals surface area contributed by atoms with E-state index in [9.17, 15) is 9.59 Å². The van der Waals surface area contributed by atoms with Crippen molar-refractivity contribution in [2.45, 2.75) is 39.0 Å². The predicted octanol–water partition coefficient (Wildman–Crippen LogP) is 1.76. The number of carbonyl (C=O) groups is 2. The summed E-state index contributed by atoms with van der Waals surface area (Å²) in [7, 11) is 0. The molecule has 18 heavy (non-hydrogen) atoms. The molecule has 0 aromatic carbocycles. The van der Waals surface area contributed by atoms with Gasteiger partial charge in [-0.25, -0.2) is 4.98 Å². The van der Waals surface area contributed by atoms with Gasteiger partial charge in [0.25, 0.3) is 0 Å². The summed E-state index contributed by atoms with van der Waals surface area (Å²) < 4.78 is 0. The van der Waals surface area contributed by atoms with E-state index in [-0.39, 0.29) is 12.3 Å². The van der Waals surface area contributed by atoms with E-state index in [1.807, 2.05) is 12.3 Å². The molecule has 1 amide bonds. The molecule has 0 unspecified atom stereocenters. The molecule has 0 spiro atoms. The molecule has 0 aliphatic rings. The van der Waals surface area contributed by atoms with E-state index in [0.29, 0.717) is 19.4 Å². The molecular formula is C12H18N2O3S. The van der Waals surface area contributed by atoms with Gasteiger partial charge in [0.05, 0.1) is 17.1 Å². The molecule has 0 aliphatic heterocycles. The summed E-state index contributed by atoms with van der Waals surface area (Å²) in [5, 5.41) is 14.1. The molecule has 0 radical (unpaired) electrons. The highest BCUT2D eigenvalue weighted by molar-refractivity contribution is 7.09. The first-order valence-corrected chi connectivity index (χ1v) is 6.85. The van der Waals surface area contributed by atoms with Gasteiger partial charge >= 0.3 is 5.97 Å². The molecule has 6 heteroatoms. The molecule has 0 bridgehead atoms. The summed E-state index contributed by atoms with van der Waals surface area (Å²) >= 11 is 1.54. The molecule has 0 saturated carbocycles. The first-order valence-electron chi connectivity index (χ1n) is 5.97. The normalized spacial score (nSPS) is 10.3. The van der Waals surface area contributed by atoms with Gasteiger partial charge in [0.2, 0.25) is 5.91 Å². The number of carboxylic acids is 1. The van der Waals surface area contributed by atoms with Crippen LogP contribution in [0.2, 0.25) is 0 Å². The fourth-order valence-corrected chi connectivity index (χ4v) is 2.13. The number of thiazole rings is 1. The molecule has 0 saturated heterocycles. The fraction of sp³-hybridized carbons (Fsp3) is 0.583. The maximum Gasteiger partial charge on any atom is 0.303 e. The van der Waals surface area contributed by atoms with Crippen LogP contribution in [0.1, 0.15) is 36.4 Å². The Kier molecular flexibility index (Phi) is 6.35. The van der Waals surface area contributed by atoms with Crippen LogP contribution in [0.15, 0.2) is 5.38 Å². The molecular weight excluding hydrogens is 252 g/mol. The summed E-state index contributed by atoms with van der Waals surface area (Å²) in [6.45, 7) is 2.51. The van der Waals surface area contributed by atoms with E-state index in [2.05, 4.69) is 10.3 Å². The smallest absolute Gasteiger partial charge is 0.303 e. The third kappa shape index (κ3) is 6.34. The number of rotatable bonds is 8. The highest BCUT2D eigenvalue weighted by atomic mass is 32.1. The van der Waals surface area contributed by atoms with Gasteiger partial charge in [0, 0.05) is 18.3 Å². The highest BCUT2D eigenvalue weighted by Gasteiger charge is 2.05. The fourth-order valence-electron chi connectivity index (χ4n) is 1.52. The Morgan fingerprint density at radius 3 is 2.78 bits per heavy atom. The van der Waals surface area contributed by atoms with Crippen molar-refractivity contribution in [2.24, 2.45) is 0 Å². The summed E-state index contributed by atoms with van der Waals surface area (Å²) in [5.41, 5.74) is 0.806. The van der Waals surface area contributed by atoms with Gasteiger partial charge in [-0.2, -0.15) is 0 Å². The third-order valence-electron chi connectivity index (χ3n) is 2.40. The first kappa shape index (κ1) is 14.6. The molecule has 0 atom stereocenters. The Morgan fingerprint density at radius 2 is 2.17 bits per heavy atom. The minimum atomic E-state index is -0.766. The Balaban J connectivity index is 2.05. The van der Waals surface area contributed by atoms with Crippen LogP contribution in [0.25, 0.3) is 0 Å². The molecule has 1 heterocycles. The average Bonchev–Trinajstić information content (AvgIpc) is 2.68. The molecule has 0 aliphatic carbocycles. The summed E-state index contributed by atoms with van der Waals surface area (Å²) in [4.78, 5) is 26.0. The SMILES string of the molecule is Cc1nc(CC(=O)NCCCCCC(=O)O)cs1. The lowest BCUT2D eigenvalue weighted by molar-refractivity contribution is -0.137. The van der Waals surface area contributed by atoms with E-state index in [1.165, 1.54) is 11.3 Å². The predicted molar refractivity (Wildman–Crippen MR) is 69.7 cm³/mol. The van der Waals surface area contributed by atoms with Gasteiger partial charge in [-0.1, -0.05) is 6.42 Å². The van der Waals surface area contributed by atoms with Crippen molar-refractivity contribution in [3.8, 4) is 0 Å². The number of aliphatic carboxylic acids is 1. The molecule has 2 N–H and O–H groups in total. The molecule has 1 aromatic rings. The first-order chi connectivity index (χ1) is 8.58. The summed E-state index contributed by atoms with van der Waals surface area (Å²) in [6, 6.07) is 0. The average molecular weight is 270 g/mol. The minimum absolute atomic E-state index is 0.0291. The van der Waals surface area contributed by atoms with Crippen molar-refractivity contribution in [3.05, 3.63) is 16.1 Å². The van der Waals surface area contributed by atoms with E-state index >= 15 is 0 Å². The lowest BCUT2D eigenvalue weighted by Crippen LogP contribution is -2.26. The number of carbonyl (C=O) groups excluding carboxylic acids is 1. The highest BCUT2D eigenvalue weighted by Crippen LogP contribution is 2.08. The van der Waals surface area contributed by atoms with Crippen molar-refractivity contribution in [3.63, 3.8) is 0 Å². The van der Waals surface area contributed by atoms with Gasteiger partial charge in [0.1, 0.15) is 0 Å². The second-order valence-corrected chi connectivity index (χ2v) is 5.15. The summed E-state index contributed by atoms with van der Waals surface area (Å²) in [6.07, 6.45) is 2.82.